The van der Waals surface area contributed by atoms with Gasteiger partial charge in [-0.1, -0.05) is 11.8 Å². The molecule has 1 aromatic heterocycles. The summed E-state index contributed by atoms with van der Waals surface area (Å²) in [5, 5.41) is 29.2. The largest absolute Gasteiger partial charge is 0.392 e. The van der Waals surface area contributed by atoms with Crippen molar-refractivity contribution in [1.29, 1.82) is 0 Å². The Kier molecular flexibility index (Phi) is 3.73. The molecule has 4 atom stereocenters. The van der Waals surface area contributed by atoms with Gasteiger partial charge in [0.25, 0.3) is 0 Å². The molecule has 1 saturated heterocycles. The van der Waals surface area contributed by atoms with Gasteiger partial charge in [-0.3, -0.25) is 4.57 Å². The third-order valence-corrected chi connectivity index (χ3v) is 3.31. The van der Waals surface area contributed by atoms with Crippen LogP contribution in [0.15, 0.2) is 11.0 Å². The zero-order chi connectivity index (χ0) is 15.8. The second-order valence-electron chi connectivity index (χ2n) is 4.51. The third kappa shape index (κ3) is 2.17. The fourth-order valence-corrected chi connectivity index (χ4v) is 2.08. The number of nitrogen functional groups attached to an aromatic ring is 1. The maximum Gasteiger partial charge on any atom is 0.351 e. The lowest BCUT2D eigenvalue weighted by Crippen LogP contribution is -2.45. The van der Waals surface area contributed by atoms with Crippen LogP contribution in [0.2, 0.25) is 0 Å². The van der Waals surface area contributed by atoms with Crippen molar-refractivity contribution in [2.24, 2.45) is 0 Å². The summed E-state index contributed by atoms with van der Waals surface area (Å²) < 4.78 is 6.17. The molecule has 8 heteroatoms. The van der Waals surface area contributed by atoms with E-state index in [1.807, 2.05) is 0 Å². The van der Waals surface area contributed by atoms with E-state index in [4.69, 9.17) is 23.3 Å². The molecular weight excluding hydrogens is 278 g/mol. The van der Waals surface area contributed by atoms with Gasteiger partial charge < -0.3 is 25.8 Å². The van der Waals surface area contributed by atoms with Gasteiger partial charge in [-0.25, -0.2) is 4.79 Å². The van der Waals surface area contributed by atoms with Crippen LogP contribution in [-0.4, -0.2) is 49.3 Å². The number of terminal acetylenes is 2. The topological polar surface area (TPSA) is 131 Å². The van der Waals surface area contributed by atoms with Gasteiger partial charge in [0, 0.05) is 6.20 Å². The summed E-state index contributed by atoms with van der Waals surface area (Å²) >= 11 is 0. The lowest BCUT2D eigenvalue weighted by Gasteiger charge is -2.23. The Labute approximate surface area is 119 Å². The molecular formula is C13H13N3O5. The Morgan fingerprint density at radius 3 is 2.67 bits per heavy atom. The fourth-order valence-electron chi connectivity index (χ4n) is 2.08. The Bertz CT molecular complexity index is 701. The summed E-state index contributed by atoms with van der Waals surface area (Å²) in [5.41, 5.74) is 2.93. The first-order chi connectivity index (χ1) is 9.90. The van der Waals surface area contributed by atoms with Crippen molar-refractivity contribution >= 4 is 5.82 Å². The molecule has 1 unspecified atom stereocenters. The van der Waals surface area contributed by atoms with Crippen molar-refractivity contribution in [1.82, 2.24) is 9.55 Å². The molecule has 2 heterocycles. The van der Waals surface area contributed by atoms with Crippen LogP contribution in [0, 0.1) is 24.7 Å². The molecule has 0 aromatic carbocycles. The lowest BCUT2D eigenvalue weighted by atomic mass is 9.97. The molecule has 0 amide bonds. The standard InChI is InChI=1S/C13H13N3O5/c1-3-7-5-16(12(20)15-10(7)14)11-8(18)9(19)13(4-2,6-17)21-11/h1-2,5,8-9,11,17-19H,6H2,(H2,14,15,20)/t8-,9-,11?,13+/m0/s1. The highest BCUT2D eigenvalue weighted by Gasteiger charge is 2.54. The van der Waals surface area contributed by atoms with E-state index in [1.54, 1.807) is 0 Å². The monoisotopic (exact) mass is 291 g/mol. The zero-order valence-corrected chi connectivity index (χ0v) is 10.8. The summed E-state index contributed by atoms with van der Waals surface area (Å²) in [6.07, 6.45) is 7.12. The van der Waals surface area contributed by atoms with Crippen LogP contribution >= 0.6 is 0 Å². The summed E-state index contributed by atoms with van der Waals surface area (Å²) in [5.74, 6) is 4.17. The number of aromatic nitrogens is 2. The summed E-state index contributed by atoms with van der Waals surface area (Å²) in [4.78, 5) is 15.4. The van der Waals surface area contributed by atoms with Gasteiger partial charge in [-0.2, -0.15) is 4.98 Å². The van der Waals surface area contributed by atoms with Crippen molar-refractivity contribution in [3.63, 3.8) is 0 Å². The number of hydrogen-bond acceptors (Lipinski definition) is 7. The molecule has 0 saturated carbocycles. The molecule has 0 radical (unpaired) electrons. The normalized spacial score (nSPS) is 31.6. The van der Waals surface area contributed by atoms with E-state index >= 15 is 0 Å². The number of hydrogen-bond donors (Lipinski definition) is 4. The fraction of sp³-hybridized carbons (Fsp3) is 0.385. The van der Waals surface area contributed by atoms with Crippen LogP contribution < -0.4 is 11.4 Å². The Morgan fingerprint density at radius 2 is 2.19 bits per heavy atom. The molecule has 0 bridgehead atoms. The van der Waals surface area contributed by atoms with Crippen LogP contribution in [0.1, 0.15) is 11.8 Å². The summed E-state index contributed by atoms with van der Waals surface area (Å²) in [6.45, 7) is -0.739. The molecule has 110 valence electrons. The molecule has 8 nitrogen and oxygen atoms in total. The molecule has 1 aromatic rings. The highest BCUT2D eigenvalue weighted by atomic mass is 16.6. The van der Waals surface area contributed by atoms with Gasteiger partial charge in [-0.05, 0) is 0 Å². The molecule has 2 rings (SSSR count). The number of ether oxygens (including phenoxy) is 1. The van der Waals surface area contributed by atoms with E-state index in [0.29, 0.717) is 0 Å². The number of nitrogens with zero attached hydrogens (tertiary/aromatic N) is 2. The maximum absolute atomic E-state index is 11.9. The van der Waals surface area contributed by atoms with Crippen molar-refractivity contribution in [2.45, 2.75) is 24.0 Å². The van der Waals surface area contributed by atoms with Crippen LogP contribution in [0.25, 0.3) is 0 Å². The minimum Gasteiger partial charge on any atom is -0.392 e. The van der Waals surface area contributed by atoms with Gasteiger partial charge in [-0.15, -0.1) is 12.8 Å². The van der Waals surface area contributed by atoms with Crippen LogP contribution in [0.4, 0.5) is 5.82 Å². The van der Waals surface area contributed by atoms with Crippen molar-refractivity contribution in [3.8, 4) is 24.7 Å². The Balaban J connectivity index is 2.52. The van der Waals surface area contributed by atoms with E-state index < -0.39 is 36.3 Å². The number of aliphatic hydroxyl groups excluding tert-OH is 3. The smallest absolute Gasteiger partial charge is 0.351 e. The lowest BCUT2D eigenvalue weighted by molar-refractivity contribution is -0.0936. The second-order valence-corrected chi connectivity index (χ2v) is 4.51. The molecule has 1 fully saturated rings. The number of anilines is 1. The van der Waals surface area contributed by atoms with Crippen molar-refractivity contribution < 1.29 is 20.1 Å². The predicted octanol–water partition coefficient (Wildman–Crippen LogP) is -2.58. The second kappa shape index (κ2) is 5.20. The molecule has 0 aliphatic carbocycles. The first kappa shape index (κ1) is 15.0. The van der Waals surface area contributed by atoms with E-state index in [0.717, 1.165) is 10.8 Å². The number of aliphatic hydroxyl groups is 3. The van der Waals surface area contributed by atoms with E-state index in [2.05, 4.69) is 16.8 Å². The minimum absolute atomic E-state index is 0.113. The van der Waals surface area contributed by atoms with Crippen molar-refractivity contribution in [2.75, 3.05) is 12.3 Å². The van der Waals surface area contributed by atoms with Crippen LogP contribution in [0.5, 0.6) is 0 Å². The van der Waals surface area contributed by atoms with Crippen LogP contribution in [-0.2, 0) is 4.74 Å². The SMILES string of the molecule is C#Cc1cn(C2O[C@](C#C)(CO)[C@@H](O)[C@@H]2O)c(=O)nc1N. The first-order valence-electron chi connectivity index (χ1n) is 5.88. The summed E-state index contributed by atoms with van der Waals surface area (Å²) in [7, 11) is 0. The third-order valence-electron chi connectivity index (χ3n) is 3.31. The number of nitrogens with two attached hydrogens (primary N) is 1. The molecule has 21 heavy (non-hydrogen) atoms. The van der Waals surface area contributed by atoms with E-state index in [1.165, 1.54) is 0 Å². The Morgan fingerprint density at radius 1 is 1.52 bits per heavy atom. The van der Waals surface area contributed by atoms with E-state index in [-0.39, 0.29) is 11.4 Å². The van der Waals surface area contributed by atoms with Crippen molar-refractivity contribution in [3.05, 3.63) is 22.2 Å². The van der Waals surface area contributed by atoms with Gasteiger partial charge in [0.2, 0.25) is 0 Å². The Hall–Kier alpha value is -2.36. The minimum atomic E-state index is -1.82. The molecule has 1 aliphatic heterocycles. The molecule has 0 spiro atoms. The average molecular weight is 291 g/mol. The van der Waals surface area contributed by atoms with Gasteiger partial charge in [0.05, 0.1) is 12.2 Å². The molecule has 5 N–H and O–H groups in total. The first-order valence-corrected chi connectivity index (χ1v) is 5.88. The van der Waals surface area contributed by atoms with Gasteiger partial charge >= 0.3 is 5.69 Å². The van der Waals surface area contributed by atoms with Gasteiger partial charge in [0.15, 0.2) is 11.8 Å². The highest BCUT2D eigenvalue weighted by Crippen LogP contribution is 2.36. The van der Waals surface area contributed by atoms with E-state index in [9.17, 15) is 20.1 Å². The van der Waals surface area contributed by atoms with Crippen LogP contribution in [0.3, 0.4) is 0 Å². The quantitative estimate of drug-likeness (QED) is 0.440. The predicted molar refractivity (Wildman–Crippen MR) is 71.6 cm³/mol. The average Bonchev–Trinajstić information content (AvgIpc) is 2.73. The highest BCUT2D eigenvalue weighted by molar-refractivity contribution is 5.47. The zero-order valence-electron chi connectivity index (χ0n) is 10.8. The number of rotatable bonds is 2. The maximum atomic E-state index is 11.9. The molecule has 1 aliphatic rings. The summed E-state index contributed by atoms with van der Waals surface area (Å²) in [6, 6.07) is 0. The van der Waals surface area contributed by atoms with Gasteiger partial charge in [0.1, 0.15) is 18.0 Å².